The average molecular weight is 337 g/mol. The first-order chi connectivity index (χ1) is 11.3. The molecule has 0 atom stereocenters. The summed E-state index contributed by atoms with van der Waals surface area (Å²) in [4.78, 5) is 20.4. The van der Waals surface area contributed by atoms with Gasteiger partial charge in [0.25, 0.3) is 0 Å². The molecule has 0 aliphatic carbocycles. The summed E-state index contributed by atoms with van der Waals surface area (Å²) in [7, 11) is 0. The van der Waals surface area contributed by atoms with Gasteiger partial charge in [0.15, 0.2) is 11.5 Å². The van der Waals surface area contributed by atoms with Crippen LogP contribution in [-0.4, -0.2) is 27.2 Å². The van der Waals surface area contributed by atoms with E-state index in [9.17, 15) is 13.6 Å². The van der Waals surface area contributed by atoms with Crippen molar-refractivity contribution in [1.29, 1.82) is 0 Å². The first kappa shape index (κ1) is 15.6. The molecule has 3 aromatic rings. The maximum atomic E-state index is 12.8. The minimum absolute atomic E-state index is 0.0782. The number of hydrogen-bond donors (Lipinski definition) is 4. The van der Waals surface area contributed by atoms with Gasteiger partial charge in [0, 0.05) is 37.1 Å². The number of rotatable bonds is 1. The molecule has 10 heteroatoms. The van der Waals surface area contributed by atoms with Crippen LogP contribution >= 0.6 is 0 Å². The van der Waals surface area contributed by atoms with Gasteiger partial charge in [0.2, 0.25) is 11.9 Å². The third-order valence-corrected chi connectivity index (χ3v) is 2.92. The minimum Gasteiger partial charge on any atom is -0.398 e. The summed E-state index contributed by atoms with van der Waals surface area (Å²) in [5.74, 6) is -0.229. The number of aromatic nitrogens is 3. The normalized spacial score (nSPS) is 14.1. The number of aromatic amines is 2. The molecule has 3 heterocycles. The highest BCUT2D eigenvalue weighted by Crippen LogP contribution is 2.42. The van der Waals surface area contributed by atoms with Gasteiger partial charge in [0.05, 0.1) is 11.0 Å². The van der Waals surface area contributed by atoms with Crippen LogP contribution in [0.1, 0.15) is 6.92 Å². The molecule has 0 radical (unpaired) electrons. The van der Waals surface area contributed by atoms with Gasteiger partial charge >= 0.3 is 6.29 Å². The summed E-state index contributed by atoms with van der Waals surface area (Å²) < 4.78 is 34.2. The van der Waals surface area contributed by atoms with E-state index in [-0.39, 0.29) is 23.4 Å². The zero-order valence-corrected chi connectivity index (χ0v) is 12.4. The highest BCUT2D eigenvalue weighted by atomic mass is 19.3. The molecular formula is C14H13F2N5O3. The van der Waals surface area contributed by atoms with Crippen LogP contribution in [0.25, 0.3) is 11.0 Å². The fourth-order valence-electron chi connectivity index (χ4n) is 2.02. The van der Waals surface area contributed by atoms with Crippen molar-refractivity contribution in [2.75, 3.05) is 11.1 Å². The Balaban J connectivity index is 0.000000238. The van der Waals surface area contributed by atoms with Crippen molar-refractivity contribution in [3.8, 4) is 11.5 Å². The van der Waals surface area contributed by atoms with Crippen molar-refractivity contribution >= 4 is 28.6 Å². The molecule has 1 amide bonds. The van der Waals surface area contributed by atoms with Gasteiger partial charge in [-0.25, -0.2) is 4.98 Å². The Hall–Kier alpha value is -3.30. The Morgan fingerprint density at radius 2 is 2.04 bits per heavy atom. The molecule has 0 saturated heterocycles. The number of ether oxygens (including phenoxy) is 2. The monoisotopic (exact) mass is 337 g/mol. The molecule has 8 nitrogen and oxygen atoms in total. The number of H-pyrrole nitrogens is 2. The summed E-state index contributed by atoms with van der Waals surface area (Å²) in [6.45, 7) is 1.33. The number of nitrogens with one attached hydrogen (secondary N) is 3. The molecule has 0 saturated carbocycles. The number of nitrogens with two attached hydrogens (primary N) is 1. The average Bonchev–Trinajstić information content (AvgIpc) is 3.12. The number of carbonyl (C=O) groups excluding carboxylic acids is 1. The van der Waals surface area contributed by atoms with Crippen LogP contribution in [-0.2, 0) is 4.79 Å². The summed E-state index contributed by atoms with van der Waals surface area (Å²) in [6, 6.07) is 4.46. The van der Waals surface area contributed by atoms with E-state index in [2.05, 4.69) is 29.7 Å². The lowest BCUT2D eigenvalue weighted by Gasteiger charge is -2.04. The number of anilines is 2. The molecule has 0 spiro atoms. The van der Waals surface area contributed by atoms with Crippen LogP contribution in [0.2, 0.25) is 0 Å². The van der Waals surface area contributed by atoms with E-state index in [1.165, 1.54) is 19.1 Å². The van der Waals surface area contributed by atoms with Gasteiger partial charge in [-0.05, 0) is 6.07 Å². The topological polar surface area (TPSA) is 118 Å². The highest BCUT2D eigenvalue weighted by molar-refractivity contribution is 5.90. The molecule has 0 unspecified atom stereocenters. The summed E-state index contributed by atoms with van der Waals surface area (Å²) in [5, 5.41) is 2.45. The van der Waals surface area contributed by atoms with E-state index >= 15 is 0 Å². The highest BCUT2D eigenvalue weighted by Gasteiger charge is 2.43. The number of nitrogen functional groups attached to an aromatic ring is 1. The maximum absolute atomic E-state index is 12.8. The van der Waals surface area contributed by atoms with Crippen LogP contribution < -0.4 is 20.5 Å². The molecular weight excluding hydrogens is 324 g/mol. The molecule has 0 fully saturated rings. The number of nitrogens with zero attached hydrogens (tertiary/aromatic N) is 1. The number of alkyl halides is 2. The van der Waals surface area contributed by atoms with Gasteiger partial charge in [-0.2, -0.15) is 0 Å². The van der Waals surface area contributed by atoms with Crippen molar-refractivity contribution in [3.05, 3.63) is 30.6 Å². The first-order valence-corrected chi connectivity index (χ1v) is 6.78. The Morgan fingerprint density at radius 1 is 1.33 bits per heavy atom. The smallest absolute Gasteiger partial charge is 0.398 e. The second-order valence-corrected chi connectivity index (χ2v) is 4.89. The van der Waals surface area contributed by atoms with E-state index in [0.29, 0.717) is 11.0 Å². The third kappa shape index (κ3) is 3.37. The standard InChI is InChI=1S/C10H7F2N3O3.C4H6N2/c1-4(16)13-9-14-5-2-7-8(3-6(5)15-9)18-10(11,12)17-7;5-4-1-2-6-3-4/h2-3H,1H3,(H2,13,14,15,16);1-3,6H,5H2. The molecule has 5 N–H and O–H groups in total. The third-order valence-electron chi connectivity index (χ3n) is 2.92. The molecule has 1 aliphatic heterocycles. The Morgan fingerprint density at radius 3 is 2.58 bits per heavy atom. The number of hydrogen-bond acceptors (Lipinski definition) is 5. The lowest BCUT2D eigenvalue weighted by molar-refractivity contribution is -0.286. The number of imidazole rings is 1. The van der Waals surface area contributed by atoms with Gasteiger partial charge < -0.3 is 25.2 Å². The Bertz CT molecular complexity index is 831. The SMILES string of the molecule is CC(=O)Nc1nc2cc3c(cc2[nH]1)OC(F)(F)O3.Nc1cc[nH]c1. The number of fused-ring (bicyclic) bond motifs is 2. The summed E-state index contributed by atoms with van der Waals surface area (Å²) >= 11 is 0. The van der Waals surface area contributed by atoms with Gasteiger partial charge in [0.1, 0.15) is 0 Å². The van der Waals surface area contributed by atoms with Crippen molar-refractivity contribution < 1.29 is 23.0 Å². The fraction of sp³-hybridized carbons (Fsp3) is 0.143. The van der Waals surface area contributed by atoms with Crippen molar-refractivity contribution in [2.24, 2.45) is 0 Å². The zero-order chi connectivity index (χ0) is 17.3. The molecule has 4 rings (SSSR count). The molecule has 2 aromatic heterocycles. The summed E-state index contributed by atoms with van der Waals surface area (Å²) in [6.07, 6.45) is -0.128. The molecule has 0 bridgehead atoms. The quantitative estimate of drug-likeness (QED) is 0.544. The second-order valence-electron chi connectivity index (χ2n) is 4.89. The van der Waals surface area contributed by atoms with Crippen molar-refractivity contribution in [2.45, 2.75) is 13.2 Å². The zero-order valence-electron chi connectivity index (χ0n) is 12.4. The van der Waals surface area contributed by atoms with Crippen LogP contribution in [0.4, 0.5) is 20.4 Å². The lowest BCUT2D eigenvalue weighted by Crippen LogP contribution is -2.25. The lowest BCUT2D eigenvalue weighted by atomic mass is 10.3. The number of amides is 1. The van der Waals surface area contributed by atoms with E-state index in [1.54, 1.807) is 18.5 Å². The molecule has 1 aromatic carbocycles. The number of benzene rings is 1. The van der Waals surface area contributed by atoms with Crippen LogP contribution in [0.3, 0.4) is 0 Å². The fourth-order valence-corrected chi connectivity index (χ4v) is 2.02. The largest absolute Gasteiger partial charge is 0.586 e. The van der Waals surface area contributed by atoms with Crippen LogP contribution in [0.15, 0.2) is 30.6 Å². The second kappa shape index (κ2) is 5.72. The van der Waals surface area contributed by atoms with Crippen molar-refractivity contribution in [3.63, 3.8) is 0 Å². The molecule has 24 heavy (non-hydrogen) atoms. The number of carbonyl (C=O) groups is 1. The molecule has 1 aliphatic rings. The Kier molecular flexibility index (Phi) is 3.72. The summed E-state index contributed by atoms with van der Waals surface area (Å²) in [5.41, 5.74) is 6.88. The van der Waals surface area contributed by atoms with Gasteiger partial charge in [-0.1, -0.05) is 0 Å². The van der Waals surface area contributed by atoms with E-state index in [4.69, 9.17) is 5.73 Å². The maximum Gasteiger partial charge on any atom is 0.586 e. The Labute approximate surface area is 134 Å². The van der Waals surface area contributed by atoms with Gasteiger partial charge in [-0.15, -0.1) is 8.78 Å². The van der Waals surface area contributed by atoms with E-state index in [0.717, 1.165) is 5.69 Å². The van der Waals surface area contributed by atoms with E-state index in [1.807, 2.05) is 0 Å². The predicted molar refractivity (Wildman–Crippen MR) is 81.8 cm³/mol. The predicted octanol–water partition coefficient (Wildman–Crippen LogP) is 2.44. The van der Waals surface area contributed by atoms with E-state index < -0.39 is 6.29 Å². The first-order valence-electron chi connectivity index (χ1n) is 6.78. The van der Waals surface area contributed by atoms with Crippen LogP contribution in [0, 0.1) is 0 Å². The minimum atomic E-state index is -3.65. The van der Waals surface area contributed by atoms with Crippen molar-refractivity contribution in [1.82, 2.24) is 15.0 Å². The number of halogens is 2. The van der Waals surface area contributed by atoms with Crippen LogP contribution in [0.5, 0.6) is 11.5 Å². The van der Waals surface area contributed by atoms with Gasteiger partial charge in [-0.3, -0.25) is 10.1 Å². The molecule has 126 valence electrons.